The highest BCUT2D eigenvalue weighted by atomic mass is 19.4. The van der Waals surface area contributed by atoms with Crippen LogP contribution in [0.4, 0.5) is 18.0 Å². The highest BCUT2D eigenvalue weighted by Crippen LogP contribution is 2.29. The molecule has 0 radical (unpaired) electrons. The first-order valence-corrected chi connectivity index (χ1v) is 6.69. The van der Waals surface area contributed by atoms with Gasteiger partial charge in [-0.05, 0) is 19.3 Å². The number of carbonyl (C=O) groups is 2. The monoisotopic (exact) mass is 312 g/mol. The fourth-order valence-electron chi connectivity index (χ4n) is 2.20. The van der Waals surface area contributed by atoms with Gasteiger partial charge in [0.05, 0.1) is 0 Å². The maximum absolute atomic E-state index is 11.8. The Bertz CT molecular complexity index is 368. The van der Waals surface area contributed by atoms with Crippen molar-refractivity contribution in [3.05, 3.63) is 0 Å². The minimum Gasteiger partial charge on any atom is -0.480 e. The summed E-state index contributed by atoms with van der Waals surface area (Å²) in [5.74, 6) is -1.07. The van der Waals surface area contributed by atoms with E-state index in [0.29, 0.717) is 12.8 Å². The second-order valence-corrected chi connectivity index (χ2v) is 5.00. The van der Waals surface area contributed by atoms with Crippen molar-refractivity contribution in [3.63, 3.8) is 0 Å². The molecule has 0 atom stereocenters. The zero-order chi connectivity index (χ0) is 15.9. The summed E-state index contributed by atoms with van der Waals surface area (Å²) in [5, 5.41) is 14.0. The molecule has 0 heterocycles. The smallest absolute Gasteiger partial charge is 0.411 e. The molecular formula is C12H19F3N2O4. The number of amides is 2. The van der Waals surface area contributed by atoms with Crippen molar-refractivity contribution in [1.29, 1.82) is 0 Å². The number of halogens is 3. The van der Waals surface area contributed by atoms with Gasteiger partial charge in [-0.2, -0.15) is 13.2 Å². The molecule has 0 bridgehead atoms. The van der Waals surface area contributed by atoms with Crippen LogP contribution in [0.2, 0.25) is 0 Å². The molecule has 0 aromatic heterocycles. The van der Waals surface area contributed by atoms with Crippen LogP contribution in [0, 0.1) is 0 Å². The molecule has 0 aromatic carbocycles. The number of ether oxygens (including phenoxy) is 1. The molecular weight excluding hydrogens is 293 g/mol. The van der Waals surface area contributed by atoms with E-state index >= 15 is 0 Å². The van der Waals surface area contributed by atoms with Crippen molar-refractivity contribution in [2.24, 2.45) is 0 Å². The van der Waals surface area contributed by atoms with Crippen molar-refractivity contribution in [2.45, 2.75) is 43.8 Å². The average molecular weight is 312 g/mol. The maximum Gasteiger partial charge on any atom is 0.411 e. The van der Waals surface area contributed by atoms with Gasteiger partial charge in [0.15, 0.2) is 0 Å². The first-order chi connectivity index (χ1) is 9.75. The highest BCUT2D eigenvalue weighted by molar-refractivity contribution is 5.86. The first-order valence-electron chi connectivity index (χ1n) is 6.69. The number of carbonyl (C=O) groups excluding carboxylic acids is 1. The second kappa shape index (κ2) is 7.48. The molecule has 0 unspecified atom stereocenters. The fraction of sp³-hybridized carbons (Fsp3) is 0.833. The molecule has 1 rings (SSSR count). The Morgan fingerprint density at radius 1 is 1.24 bits per heavy atom. The van der Waals surface area contributed by atoms with Crippen LogP contribution in [0.5, 0.6) is 0 Å². The van der Waals surface area contributed by atoms with E-state index in [9.17, 15) is 22.8 Å². The number of nitrogens with one attached hydrogen (secondary N) is 2. The lowest BCUT2D eigenvalue weighted by Crippen LogP contribution is -2.55. The summed E-state index contributed by atoms with van der Waals surface area (Å²) in [4.78, 5) is 22.8. The Morgan fingerprint density at radius 2 is 1.86 bits per heavy atom. The molecule has 9 heteroatoms. The van der Waals surface area contributed by atoms with Gasteiger partial charge < -0.3 is 20.5 Å². The topological polar surface area (TPSA) is 87.7 Å². The van der Waals surface area contributed by atoms with Gasteiger partial charge in [0.2, 0.25) is 0 Å². The lowest BCUT2D eigenvalue weighted by molar-refractivity contribution is -0.173. The Morgan fingerprint density at radius 3 is 2.38 bits per heavy atom. The third kappa shape index (κ3) is 6.19. The minimum absolute atomic E-state index is 0.111. The Kier molecular flexibility index (Phi) is 6.25. The van der Waals surface area contributed by atoms with Gasteiger partial charge in [-0.1, -0.05) is 12.8 Å². The summed E-state index contributed by atoms with van der Waals surface area (Å²) in [6, 6.07) is -0.630. The van der Waals surface area contributed by atoms with Gasteiger partial charge in [0, 0.05) is 13.2 Å². The van der Waals surface area contributed by atoms with Crippen molar-refractivity contribution in [2.75, 3.05) is 19.8 Å². The van der Waals surface area contributed by atoms with Gasteiger partial charge in [-0.3, -0.25) is 0 Å². The van der Waals surface area contributed by atoms with Gasteiger partial charge >= 0.3 is 18.2 Å². The lowest BCUT2D eigenvalue weighted by Gasteiger charge is -2.25. The normalized spacial score (nSPS) is 17.5. The molecule has 1 aliphatic carbocycles. The maximum atomic E-state index is 11.8. The van der Waals surface area contributed by atoms with Gasteiger partial charge in [0.25, 0.3) is 0 Å². The molecule has 0 aromatic rings. The molecule has 1 fully saturated rings. The number of aliphatic carboxylic acids is 1. The van der Waals surface area contributed by atoms with Crippen molar-refractivity contribution in [3.8, 4) is 0 Å². The number of rotatable bonds is 7. The number of hydrogen-bond donors (Lipinski definition) is 3. The summed E-state index contributed by atoms with van der Waals surface area (Å²) >= 11 is 0. The summed E-state index contributed by atoms with van der Waals surface area (Å²) < 4.78 is 39.7. The van der Waals surface area contributed by atoms with E-state index in [1.807, 2.05) is 0 Å². The van der Waals surface area contributed by atoms with E-state index in [1.165, 1.54) is 0 Å². The van der Waals surface area contributed by atoms with Crippen LogP contribution in [0.25, 0.3) is 0 Å². The number of carboxylic acid groups (broad SMARTS) is 1. The van der Waals surface area contributed by atoms with Gasteiger partial charge in [0.1, 0.15) is 12.1 Å². The quantitative estimate of drug-likeness (QED) is 0.624. The number of alkyl halides is 3. The van der Waals surface area contributed by atoms with Gasteiger partial charge in [-0.15, -0.1) is 0 Å². The Hall–Kier alpha value is -1.51. The third-order valence-corrected chi connectivity index (χ3v) is 3.24. The molecule has 2 amide bonds. The number of urea groups is 1. The van der Waals surface area contributed by atoms with Crippen LogP contribution in [-0.4, -0.2) is 48.6 Å². The average Bonchev–Trinajstić information content (AvgIpc) is 2.82. The van der Waals surface area contributed by atoms with Crippen LogP contribution in [0.1, 0.15) is 32.1 Å². The standard InChI is InChI=1S/C12H19F3N2O4/c13-12(14,15)8-21-7-3-6-16-10(20)17-11(9(18)19)4-1-2-5-11/h1-8H2,(H,18,19)(H2,16,17,20). The SMILES string of the molecule is O=C(NCCCOCC(F)(F)F)NC1(C(=O)O)CCCC1. The summed E-state index contributed by atoms with van der Waals surface area (Å²) in [7, 11) is 0. The molecule has 0 spiro atoms. The molecule has 0 saturated heterocycles. The Labute approximate surface area is 120 Å². The van der Waals surface area contributed by atoms with E-state index in [0.717, 1.165) is 12.8 Å². The van der Waals surface area contributed by atoms with E-state index in [2.05, 4.69) is 15.4 Å². The zero-order valence-corrected chi connectivity index (χ0v) is 11.5. The zero-order valence-electron chi connectivity index (χ0n) is 11.5. The largest absolute Gasteiger partial charge is 0.480 e. The fourth-order valence-corrected chi connectivity index (χ4v) is 2.20. The van der Waals surface area contributed by atoms with Crippen LogP contribution in [-0.2, 0) is 9.53 Å². The van der Waals surface area contributed by atoms with E-state index in [4.69, 9.17) is 5.11 Å². The Balaban J connectivity index is 2.18. The highest BCUT2D eigenvalue weighted by Gasteiger charge is 2.42. The molecule has 0 aliphatic heterocycles. The molecule has 122 valence electrons. The molecule has 6 nitrogen and oxygen atoms in total. The summed E-state index contributed by atoms with van der Waals surface area (Å²) in [5.41, 5.74) is -1.23. The van der Waals surface area contributed by atoms with E-state index in [-0.39, 0.29) is 19.6 Å². The van der Waals surface area contributed by atoms with Crippen LogP contribution < -0.4 is 10.6 Å². The van der Waals surface area contributed by atoms with Crippen molar-refractivity contribution >= 4 is 12.0 Å². The van der Waals surface area contributed by atoms with E-state index < -0.39 is 30.3 Å². The second-order valence-electron chi connectivity index (χ2n) is 5.00. The molecule has 21 heavy (non-hydrogen) atoms. The molecule has 3 N–H and O–H groups in total. The van der Waals surface area contributed by atoms with Crippen LogP contribution in [0.3, 0.4) is 0 Å². The van der Waals surface area contributed by atoms with Crippen molar-refractivity contribution < 1.29 is 32.6 Å². The van der Waals surface area contributed by atoms with Crippen LogP contribution in [0.15, 0.2) is 0 Å². The lowest BCUT2D eigenvalue weighted by atomic mass is 9.98. The predicted molar refractivity (Wildman–Crippen MR) is 66.9 cm³/mol. The first kappa shape index (κ1) is 17.5. The molecule has 1 aliphatic rings. The van der Waals surface area contributed by atoms with Crippen molar-refractivity contribution in [1.82, 2.24) is 10.6 Å². The predicted octanol–water partition coefficient (Wildman–Crippen LogP) is 1.65. The third-order valence-electron chi connectivity index (χ3n) is 3.24. The summed E-state index contributed by atoms with van der Waals surface area (Å²) in [6.07, 6.45) is -1.92. The van der Waals surface area contributed by atoms with Crippen LogP contribution >= 0.6 is 0 Å². The van der Waals surface area contributed by atoms with E-state index in [1.54, 1.807) is 0 Å². The number of carboxylic acids is 1. The minimum atomic E-state index is -4.36. The van der Waals surface area contributed by atoms with Gasteiger partial charge in [-0.25, -0.2) is 9.59 Å². The molecule has 1 saturated carbocycles. The number of hydrogen-bond acceptors (Lipinski definition) is 3. The summed E-state index contributed by atoms with van der Waals surface area (Å²) in [6.45, 7) is -1.34.